The Morgan fingerprint density at radius 3 is 2.86 bits per heavy atom. The fraction of sp³-hybridized carbons (Fsp3) is 0.471. The second-order valence-electron chi connectivity index (χ2n) is 5.87. The van der Waals surface area contributed by atoms with Crippen LogP contribution in [0.3, 0.4) is 0 Å². The zero-order chi connectivity index (χ0) is 15.0. The molecule has 1 aromatic carbocycles. The van der Waals surface area contributed by atoms with Gasteiger partial charge in [0, 0.05) is 29.6 Å². The van der Waals surface area contributed by atoms with Crippen LogP contribution < -0.4 is 0 Å². The van der Waals surface area contributed by atoms with Crippen molar-refractivity contribution in [3.63, 3.8) is 0 Å². The number of carbonyl (C=O) groups is 1. The second-order valence-corrected chi connectivity index (χ2v) is 5.87. The number of likely N-dealkylation sites (tertiary alicyclic amines) is 1. The zero-order valence-electron chi connectivity index (χ0n) is 12.5. The van der Waals surface area contributed by atoms with Crippen LogP contribution in [0.2, 0.25) is 0 Å². The molecule has 0 bridgehead atoms. The molecule has 21 heavy (non-hydrogen) atoms. The van der Waals surface area contributed by atoms with Crippen LogP contribution in [0.4, 0.5) is 0 Å². The van der Waals surface area contributed by atoms with Gasteiger partial charge in [0.2, 0.25) is 5.76 Å². The molecule has 0 saturated carbocycles. The quantitative estimate of drug-likeness (QED) is 0.926. The molecule has 1 aliphatic rings. The molecular formula is C17H21NO3. The summed E-state index contributed by atoms with van der Waals surface area (Å²) in [6.45, 7) is 5.07. The minimum absolute atomic E-state index is 0.0881. The lowest BCUT2D eigenvalue weighted by Crippen LogP contribution is -2.33. The molecule has 3 rings (SSSR count). The lowest BCUT2D eigenvalue weighted by Gasteiger charge is -2.27. The first-order valence-corrected chi connectivity index (χ1v) is 7.61. The summed E-state index contributed by atoms with van der Waals surface area (Å²) in [5, 5.41) is 10.3. The summed E-state index contributed by atoms with van der Waals surface area (Å²) < 4.78 is 5.55. The number of rotatable bonds is 4. The molecule has 4 nitrogen and oxygen atoms in total. The average Bonchev–Trinajstić information content (AvgIpc) is 3.02. The van der Waals surface area contributed by atoms with Crippen LogP contribution in [0, 0.1) is 0 Å². The van der Waals surface area contributed by atoms with Crippen molar-refractivity contribution in [2.24, 2.45) is 0 Å². The first-order valence-electron chi connectivity index (χ1n) is 7.61. The number of furan rings is 1. The topological polar surface area (TPSA) is 53.7 Å². The van der Waals surface area contributed by atoms with Crippen molar-refractivity contribution in [2.75, 3.05) is 0 Å². The van der Waals surface area contributed by atoms with Crippen LogP contribution in [0.5, 0.6) is 0 Å². The molecule has 2 unspecified atom stereocenters. The van der Waals surface area contributed by atoms with Crippen LogP contribution in [0.1, 0.15) is 49.2 Å². The minimum Gasteiger partial charge on any atom is -0.475 e. The summed E-state index contributed by atoms with van der Waals surface area (Å²) >= 11 is 0. The Hall–Kier alpha value is -1.81. The summed E-state index contributed by atoms with van der Waals surface area (Å²) in [4.78, 5) is 13.9. The van der Waals surface area contributed by atoms with Crippen LogP contribution in [-0.4, -0.2) is 28.1 Å². The highest BCUT2D eigenvalue weighted by atomic mass is 16.4. The number of benzene rings is 1. The molecule has 1 aromatic heterocycles. The van der Waals surface area contributed by atoms with Gasteiger partial charge >= 0.3 is 5.97 Å². The fourth-order valence-electron chi connectivity index (χ4n) is 3.46. The van der Waals surface area contributed by atoms with Gasteiger partial charge in [-0.05, 0) is 32.3 Å². The zero-order valence-corrected chi connectivity index (χ0v) is 12.5. The third kappa shape index (κ3) is 2.44. The summed E-state index contributed by atoms with van der Waals surface area (Å²) in [5.41, 5.74) is 1.47. The van der Waals surface area contributed by atoms with Crippen molar-refractivity contribution in [1.29, 1.82) is 0 Å². The smallest absolute Gasteiger partial charge is 0.372 e. The number of nitrogens with zero attached hydrogens (tertiary/aromatic N) is 1. The second kappa shape index (κ2) is 5.53. The van der Waals surface area contributed by atoms with Gasteiger partial charge in [-0.2, -0.15) is 0 Å². The van der Waals surface area contributed by atoms with Crippen LogP contribution >= 0.6 is 0 Å². The van der Waals surface area contributed by atoms with Crippen molar-refractivity contribution < 1.29 is 14.3 Å². The first kappa shape index (κ1) is 14.1. The normalized spacial score (nSPS) is 23.0. The maximum Gasteiger partial charge on any atom is 0.372 e. The van der Waals surface area contributed by atoms with Gasteiger partial charge in [0.05, 0.1) is 0 Å². The molecule has 1 aliphatic heterocycles. The van der Waals surface area contributed by atoms with Gasteiger partial charge in [-0.15, -0.1) is 0 Å². The largest absolute Gasteiger partial charge is 0.475 e. The standard InChI is InChI=1S/C17H21NO3/c1-3-12-9-8-11(2)18(12)10-14-13-6-4-5-7-15(13)21-16(14)17(19)20/h4-7,11-12H,3,8-10H2,1-2H3,(H,19,20). The third-order valence-electron chi connectivity index (χ3n) is 4.66. The highest BCUT2D eigenvalue weighted by molar-refractivity contribution is 5.95. The van der Waals surface area contributed by atoms with Gasteiger partial charge in [0.1, 0.15) is 5.58 Å². The summed E-state index contributed by atoms with van der Waals surface area (Å²) in [6, 6.07) is 8.60. The van der Waals surface area contributed by atoms with E-state index in [0.717, 1.165) is 17.4 Å². The molecule has 2 atom stereocenters. The molecule has 2 heterocycles. The van der Waals surface area contributed by atoms with Gasteiger partial charge in [0.25, 0.3) is 0 Å². The number of para-hydroxylation sites is 1. The Bertz CT molecular complexity index is 661. The number of hydrogen-bond donors (Lipinski definition) is 1. The van der Waals surface area contributed by atoms with Crippen molar-refractivity contribution in [3.05, 3.63) is 35.6 Å². The summed E-state index contributed by atoms with van der Waals surface area (Å²) in [6.07, 6.45) is 3.47. The maximum atomic E-state index is 11.5. The van der Waals surface area contributed by atoms with Crippen LogP contribution in [0.25, 0.3) is 11.0 Å². The Balaban J connectivity index is 2.02. The van der Waals surface area contributed by atoms with E-state index in [4.69, 9.17) is 4.42 Å². The molecule has 112 valence electrons. The van der Waals surface area contributed by atoms with E-state index in [2.05, 4.69) is 18.7 Å². The Morgan fingerprint density at radius 2 is 2.14 bits per heavy atom. The summed E-state index contributed by atoms with van der Waals surface area (Å²) in [7, 11) is 0. The number of carboxylic acid groups (broad SMARTS) is 1. The molecule has 2 aromatic rings. The molecule has 1 N–H and O–H groups in total. The molecule has 0 aliphatic carbocycles. The van der Waals surface area contributed by atoms with Crippen LogP contribution in [-0.2, 0) is 6.54 Å². The Kier molecular flexibility index (Phi) is 3.72. The Morgan fingerprint density at radius 1 is 1.38 bits per heavy atom. The van der Waals surface area contributed by atoms with Gasteiger partial charge in [-0.1, -0.05) is 25.1 Å². The minimum atomic E-state index is -0.985. The SMILES string of the molecule is CCC1CCC(C)N1Cc1c(C(=O)O)oc2ccccc12. The van der Waals surface area contributed by atoms with E-state index in [0.29, 0.717) is 24.2 Å². The number of fused-ring (bicyclic) bond motifs is 1. The highest BCUT2D eigenvalue weighted by Crippen LogP contribution is 2.32. The number of aromatic carboxylic acids is 1. The fourth-order valence-corrected chi connectivity index (χ4v) is 3.46. The molecule has 0 spiro atoms. The van der Waals surface area contributed by atoms with E-state index in [1.54, 1.807) is 0 Å². The first-order chi connectivity index (χ1) is 10.1. The molecule has 1 saturated heterocycles. The molecule has 4 heteroatoms. The monoisotopic (exact) mass is 287 g/mol. The van der Waals surface area contributed by atoms with E-state index in [9.17, 15) is 9.90 Å². The van der Waals surface area contributed by atoms with E-state index < -0.39 is 5.97 Å². The number of hydrogen-bond acceptors (Lipinski definition) is 3. The van der Waals surface area contributed by atoms with Crippen LogP contribution in [0.15, 0.2) is 28.7 Å². The maximum absolute atomic E-state index is 11.5. The predicted molar refractivity (Wildman–Crippen MR) is 81.5 cm³/mol. The van der Waals surface area contributed by atoms with Gasteiger partial charge in [-0.25, -0.2) is 4.79 Å². The summed E-state index contributed by atoms with van der Waals surface area (Å²) in [5.74, 6) is -0.897. The van der Waals surface area contributed by atoms with Crippen molar-refractivity contribution in [1.82, 2.24) is 4.90 Å². The number of carboxylic acids is 1. The highest BCUT2D eigenvalue weighted by Gasteiger charge is 2.31. The molecule has 1 fully saturated rings. The van der Waals surface area contributed by atoms with Crippen molar-refractivity contribution in [2.45, 2.75) is 51.7 Å². The van der Waals surface area contributed by atoms with E-state index in [1.807, 2.05) is 24.3 Å². The lowest BCUT2D eigenvalue weighted by molar-refractivity contribution is 0.0660. The van der Waals surface area contributed by atoms with Crippen molar-refractivity contribution in [3.8, 4) is 0 Å². The van der Waals surface area contributed by atoms with E-state index in [1.165, 1.54) is 12.8 Å². The third-order valence-corrected chi connectivity index (χ3v) is 4.66. The van der Waals surface area contributed by atoms with Crippen molar-refractivity contribution >= 4 is 16.9 Å². The lowest BCUT2D eigenvalue weighted by atomic mass is 10.1. The molecule has 0 amide bonds. The van der Waals surface area contributed by atoms with E-state index in [-0.39, 0.29) is 5.76 Å². The predicted octanol–water partition coefficient (Wildman–Crippen LogP) is 3.89. The molecular weight excluding hydrogens is 266 g/mol. The van der Waals surface area contributed by atoms with Gasteiger partial charge in [-0.3, -0.25) is 4.90 Å². The average molecular weight is 287 g/mol. The van der Waals surface area contributed by atoms with E-state index >= 15 is 0 Å². The molecule has 0 radical (unpaired) electrons. The Labute approximate surface area is 124 Å². The van der Waals surface area contributed by atoms with Gasteiger partial charge < -0.3 is 9.52 Å². The van der Waals surface area contributed by atoms with Gasteiger partial charge in [0.15, 0.2) is 0 Å².